The number of pyridine rings is 1. The van der Waals surface area contributed by atoms with Crippen LogP contribution >= 0.6 is 0 Å². The molecule has 4 N–H and O–H groups in total. The van der Waals surface area contributed by atoms with Crippen LogP contribution in [0.2, 0.25) is 0 Å². The molecule has 0 saturated heterocycles. The summed E-state index contributed by atoms with van der Waals surface area (Å²) in [4.78, 5) is 15.6. The number of hydrazine groups is 1. The summed E-state index contributed by atoms with van der Waals surface area (Å²) in [5.41, 5.74) is 12.6. The van der Waals surface area contributed by atoms with E-state index >= 15 is 0 Å². The van der Waals surface area contributed by atoms with Crippen LogP contribution in [0.3, 0.4) is 0 Å². The summed E-state index contributed by atoms with van der Waals surface area (Å²) >= 11 is 0. The van der Waals surface area contributed by atoms with Crippen LogP contribution in [0.1, 0.15) is 10.4 Å². The first-order valence-corrected chi connectivity index (χ1v) is 5.08. The zero-order chi connectivity index (χ0) is 12.1. The molecule has 1 aromatic carbocycles. The van der Waals surface area contributed by atoms with E-state index in [9.17, 15) is 4.79 Å². The highest BCUT2D eigenvalue weighted by atomic mass is 16.2. The standard InChI is InChI=1S/C12H12N4O/c13-10-8-14-7-6-11(10)15-16-12(17)9-4-2-1-3-5-9/h1-8H,13H2,(H,14,15)(H,16,17). The molecule has 0 bridgehead atoms. The van der Waals surface area contributed by atoms with Crippen LogP contribution in [0.25, 0.3) is 0 Å². The second kappa shape index (κ2) is 4.98. The van der Waals surface area contributed by atoms with Crippen LogP contribution in [-0.4, -0.2) is 10.9 Å². The lowest BCUT2D eigenvalue weighted by atomic mass is 10.2. The molecule has 17 heavy (non-hydrogen) atoms. The number of nitrogens with one attached hydrogen (secondary N) is 2. The summed E-state index contributed by atoms with van der Waals surface area (Å²) in [7, 11) is 0. The monoisotopic (exact) mass is 228 g/mol. The van der Waals surface area contributed by atoms with E-state index < -0.39 is 0 Å². The number of benzene rings is 1. The minimum atomic E-state index is -0.221. The highest BCUT2D eigenvalue weighted by Gasteiger charge is 2.04. The van der Waals surface area contributed by atoms with Crippen molar-refractivity contribution in [1.29, 1.82) is 0 Å². The van der Waals surface area contributed by atoms with Gasteiger partial charge in [0.2, 0.25) is 0 Å². The third-order valence-electron chi connectivity index (χ3n) is 2.20. The lowest BCUT2D eigenvalue weighted by molar-refractivity contribution is 0.0962. The molecule has 86 valence electrons. The van der Waals surface area contributed by atoms with Crippen LogP contribution in [0.15, 0.2) is 48.8 Å². The van der Waals surface area contributed by atoms with Crippen molar-refractivity contribution in [2.75, 3.05) is 11.2 Å². The Balaban J connectivity index is 2.00. The Hall–Kier alpha value is -2.56. The van der Waals surface area contributed by atoms with Gasteiger partial charge in [0.05, 0.1) is 17.6 Å². The minimum Gasteiger partial charge on any atom is -0.396 e. The summed E-state index contributed by atoms with van der Waals surface area (Å²) in [5.74, 6) is -0.221. The Morgan fingerprint density at radius 2 is 1.94 bits per heavy atom. The van der Waals surface area contributed by atoms with E-state index in [1.807, 2.05) is 6.07 Å². The molecule has 0 saturated carbocycles. The summed E-state index contributed by atoms with van der Waals surface area (Å²) in [6.45, 7) is 0. The number of nitrogens with zero attached hydrogens (tertiary/aromatic N) is 1. The second-order valence-corrected chi connectivity index (χ2v) is 3.41. The van der Waals surface area contributed by atoms with Gasteiger partial charge in [0.1, 0.15) is 0 Å². The second-order valence-electron chi connectivity index (χ2n) is 3.41. The van der Waals surface area contributed by atoms with Crippen molar-refractivity contribution < 1.29 is 4.79 Å². The van der Waals surface area contributed by atoms with E-state index in [4.69, 9.17) is 5.73 Å². The fourth-order valence-electron chi connectivity index (χ4n) is 1.31. The van der Waals surface area contributed by atoms with Gasteiger partial charge in [-0.25, -0.2) is 0 Å². The highest BCUT2D eigenvalue weighted by molar-refractivity contribution is 5.95. The SMILES string of the molecule is Nc1cnccc1NNC(=O)c1ccccc1. The van der Waals surface area contributed by atoms with Gasteiger partial charge in [-0.3, -0.25) is 20.6 Å². The molecule has 5 heteroatoms. The maximum absolute atomic E-state index is 11.7. The van der Waals surface area contributed by atoms with Crippen LogP contribution in [0.4, 0.5) is 11.4 Å². The van der Waals surface area contributed by atoms with Gasteiger partial charge in [0, 0.05) is 11.8 Å². The molecule has 0 aliphatic rings. The molecular weight excluding hydrogens is 216 g/mol. The molecule has 2 aromatic rings. The molecule has 0 fully saturated rings. The van der Waals surface area contributed by atoms with Crippen molar-refractivity contribution in [2.45, 2.75) is 0 Å². The normalized spacial score (nSPS) is 9.65. The van der Waals surface area contributed by atoms with E-state index in [0.717, 1.165) is 0 Å². The van der Waals surface area contributed by atoms with E-state index in [-0.39, 0.29) is 5.91 Å². The number of nitrogens with two attached hydrogens (primary N) is 1. The molecule has 0 atom stereocenters. The maximum atomic E-state index is 11.7. The number of anilines is 2. The molecule has 0 aliphatic heterocycles. The Morgan fingerprint density at radius 3 is 2.65 bits per heavy atom. The summed E-state index contributed by atoms with van der Waals surface area (Å²) < 4.78 is 0. The topological polar surface area (TPSA) is 80.0 Å². The van der Waals surface area contributed by atoms with E-state index in [1.54, 1.807) is 36.5 Å². The molecule has 1 amide bonds. The lowest BCUT2D eigenvalue weighted by Gasteiger charge is -2.09. The first-order valence-electron chi connectivity index (χ1n) is 5.08. The van der Waals surface area contributed by atoms with Crippen molar-refractivity contribution in [3.63, 3.8) is 0 Å². The number of carbonyl (C=O) groups excluding carboxylic acids is 1. The fraction of sp³-hybridized carbons (Fsp3) is 0. The lowest BCUT2D eigenvalue weighted by Crippen LogP contribution is -2.29. The molecule has 1 heterocycles. The van der Waals surface area contributed by atoms with Gasteiger partial charge in [0.25, 0.3) is 5.91 Å². The van der Waals surface area contributed by atoms with Crippen molar-refractivity contribution in [1.82, 2.24) is 10.4 Å². The predicted octanol–water partition coefficient (Wildman–Crippen LogP) is 1.42. The van der Waals surface area contributed by atoms with Gasteiger partial charge < -0.3 is 5.73 Å². The van der Waals surface area contributed by atoms with Gasteiger partial charge >= 0.3 is 0 Å². The predicted molar refractivity (Wildman–Crippen MR) is 66.2 cm³/mol. The Labute approximate surface area is 98.6 Å². The van der Waals surface area contributed by atoms with Gasteiger partial charge in [-0.15, -0.1) is 0 Å². The Morgan fingerprint density at radius 1 is 1.18 bits per heavy atom. The van der Waals surface area contributed by atoms with Crippen molar-refractivity contribution in [2.24, 2.45) is 0 Å². The van der Waals surface area contributed by atoms with Crippen LogP contribution in [-0.2, 0) is 0 Å². The number of rotatable bonds is 3. The number of nitrogen functional groups attached to an aromatic ring is 1. The van der Waals surface area contributed by atoms with Gasteiger partial charge in [-0.1, -0.05) is 18.2 Å². The zero-order valence-corrected chi connectivity index (χ0v) is 9.05. The van der Waals surface area contributed by atoms with Crippen molar-refractivity contribution >= 4 is 17.3 Å². The van der Waals surface area contributed by atoms with Gasteiger partial charge in [0.15, 0.2) is 0 Å². The largest absolute Gasteiger partial charge is 0.396 e. The smallest absolute Gasteiger partial charge is 0.269 e. The number of carbonyl (C=O) groups is 1. The summed E-state index contributed by atoms with van der Waals surface area (Å²) in [6.07, 6.45) is 3.10. The van der Waals surface area contributed by atoms with Gasteiger partial charge in [-0.2, -0.15) is 0 Å². The van der Waals surface area contributed by atoms with E-state index in [0.29, 0.717) is 16.9 Å². The third kappa shape index (κ3) is 2.72. The number of hydrogen-bond donors (Lipinski definition) is 3. The van der Waals surface area contributed by atoms with Crippen LogP contribution in [0.5, 0.6) is 0 Å². The molecule has 0 aliphatic carbocycles. The van der Waals surface area contributed by atoms with Crippen LogP contribution in [0, 0.1) is 0 Å². The van der Waals surface area contributed by atoms with Gasteiger partial charge in [-0.05, 0) is 18.2 Å². The van der Waals surface area contributed by atoms with Crippen LogP contribution < -0.4 is 16.6 Å². The third-order valence-corrected chi connectivity index (χ3v) is 2.20. The van der Waals surface area contributed by atoms with E-state index in [2.05, 4.69) is 15.8 Å². The first kappa shape index (κ1) is 10.9. The molecule has 2 rings (SSSR count). The Kier molecular flexibility index (Phi) is 3.20. The average Bonchev–Trinajstić information content (AvgIpc) is 2.38. The molecule has 5 nitrogen and oxygen atoms in total. The van der Waals surface area contributed by atoms with Crippen molar-refractivity contribution in [3.05, 3.63) is 54.4 Å². The zero-order valence-electron chi connectivity index (χ0n) is 9.05. The quantitative estimate of drug-likeness (QED) is 0.694. The molecular formula is C12H12N4O. The summed E-state index contributed by atoms with van der Waals surface area (Å²) in [5, 5.41) is 0. The number of hydrogen-bond acceptors (Lipinski definition) is 4. The van der Waals surface area contributed by atoms with Crippen molar-refractivity contribution in [3.8, 4) is 0 Å². The molecule has 0 unspecified atom stereocenters. The fourth-order valence-corrected chi connectivity index (χ4v) is 1.31. The highest BCUT2D eigenvalue weighted by Crippen LogP contribution is 2.13. The number of aromatic nitrogens is 1. The minimum absolute atomic E-state index is 0.221. The molecule has 0 radical (unpaired) electrons. The summed E-state index contributed by atoms with van der Waals surface area (Å²) in [6, 6.07) is 10.6. The van der Waals surface area contributed by atoms with E-state index in [1.165, 1.54) is 6.20 Å². The molecule has 1 aromatic heterocycles. The first-order chi connectivity index (χ1) is 8.27. The number of amides is 1. The molecule has 0 spiro atoms. The average molecular weight is 228 g/mol. The maximum Gasteiger partial charge on any atom is 0.269 e. The Bertz CT molecular complexity index is 513.